The van der Waals surface area contributed by atoms with E-state index in [1.165, 1.54) is 16.7 Å². The normalized spacial score (nSPS) is 19.4. The molecule has 0 amide bonds. The van der Waals surface area contributed by atoms with Crippen molar-refractivity contribution >= 4 is 11.7 Å². The van der Waals surface area contributed by atoms with Crippen molar-refractivity contribution in [3.8, 4) is 0 Å². The van der Waals surface area contributed by atoms with Crippen LogP contribution < -0.4 is 10.6 Å². The number of hydrogen-bond donors (Lipinski definition) is 2. The largest absolute Gasteiger partial charge is 0.456 e. The summed E-state index contributed by atoms with van der Waals surface area (Å²) >= 11 is 0. The van der Waals surface area contributed by atoms with E-state index >= 15 is 0 Å². The first-order valence-electron chi connectivity index (χ1n) is 11.1. The lowest BCUT2D eigenvalue weighted by Gasteiger charge is -2.32. The molecule has 30 heavy (non-hydrogen) atoms. The molecule has 0 aromatic heterocycles. The lowest BCUT2D eigenvalue weighted by molar-refractivity contribution is 0.00705. The van der Waals surface area contributed by atoms with Crippen molar-refractivity contribution in [2.24, 2.45) is 0 Å². The fourth-order valence-electron chi connectivity index (χ4n) is 4.47. The number of rotatable bonds is 6. The summed E-state index contributed by atoms with van der Waals surface area (Å²) in [5.41, 5.74) is 4.92. The summed E-state index contributed by atoms with van der Waals surface area (Å²) in [5, 5.41) is 7.03. The Balaban J connectivity index is 1.70. The van der Waals surface area contributed by atoms with Crippen LogP contribution in [0.4, 0.5) is 5.69 Å². The molecule has 3 rings (SSSR count). The standard InChI is InChI=1S/C26H36N2O2/c1-18-11-16-22(25(29)30-26(2,3)4)24(27-5)23(18)20-12-14-21(15-13-20)28-17-19-9-7-6-8-10-19/h6-11,16,20-21,27-28H,12-15,17H2,1-5H3. The van der Waals surface area contributed by atoms with Crippen LogP contribution in [0.3, 0.4) is 0 Å². The number of aryl methyl sites for hydroxylation is 1. The van der Waals surface area contributed by atoms with Crippen LogP contribution in [0.15, 0.2) is 42.5 Å². The number of carbonyl (C=O) groups is 1. The highest BCUT2D eigenvalue weighted by Gasteiger charge is 2.28. The molecule has 0 heterocycles. The minimum absolute atomic E-state index is 0.258. The molecular formula is C26H36N2O2. The molecule has 0 unspecified atom stereocenters. The van der Waals surface area contributed by atoms with Gasteiger partial charge in [0.1, 0.15) is 5.60 Å². The van der Waals surface area contributed by atoms with Gasteiger partial charge in [-0.3, -0.25) is 0 Å². The van der Waals surface area contributed by atoms with Gasteiger partial charge in [0.05, 0.1) is 11.3 Å². The van der Waals surface area contributed by atoms with Crippen molar-refractivity contribution in [2.45, 2.75) is 77.5 Å². The Morgan fingerprint density at radius 1 is 1.03 bits per heavy atom. The third kappa shape index (κ3) is 5.63. The number of hydrogen-bond acceptors (Lipinski definition) is 4. The van der Waals surface area contributed by atoms with Crippen molar-refractivity contribution in [3.05, 3.63) is 64.7 Å². The number of anilines is 1. The van der Waals surface area contributed by atoms with Crippen LogP contribution in [-0.4, -0.2) is 24.7 Å². The monoisotopic (exact) mass is 408 g/mol. The van der Waals surface area contributed by atoms with Gasteiger partial charge in [0.15, 0.2) is 0 Å². The van der Waals surface area contributed by atoms with E-state index in [1.807, 2.05) is 33.9 Å². The van der Waals surface area contributed by atoms with Gasteiger partial charge in [-0.2, -0.15) is 0 Å². The van der Waals surface area contributed by atoms with Crippen LogP contribution in [0.2, 0.25) is 0 Å². The van der Waals surface area contributed by atoms with Gasteiger partial charge in [-0.25, -0.2) is 4.79 Å². The molecule has 2 aromatic carbocycles. The van der Waals surface area contributed by atoms with Gasteiger partial charge < -0.3 is 15.4 Å². The zero-order chi connectivity index (χ0) is 21.7. The maximum absolute atomic E-state index is 12.8. The van der Waals surface area contributed by atoms with Gasteiger partial charge >= 0.3 is 5.97 Å². The zero-order valence-electron chi connectivity index (χ0n) is 19.0. The summed E-state index contributed by atoms with van der Waals surface area (Å²) in [6.45, 7) is 8.79. The summed E-state index contributed by atoms with van der Waals surface area (Å²) in [5.74, 6) is 0.205. The molecule has 0 atom stereocenters. The molecule has 1 saturated carbocycles. The fraction of sp³-hybridized carbons (Fsp3) is 0.500. The lowest BCUT2D eigenvalue weighted by atomic mass is 9.78. The van der Waals surface area contributed by atoms with Gasteiger partial charge in [-0.05, 0) is 82.1 Å². The quantitative estimate of drug-likeness (QED) is 0.592. The first kappa shape index (κ1) is 22.4. The molecular weight excluding hydrogens is 372 g/mol. The molecule has 0 radical (unpaired) electrons. The van der Waals surface area contributed by atoms with E-state index in [0.29, 0.717) is 17.5 Å². The van der Waals surface area contributed by atoms with Crippen molar-refractivity contribution in [2.75, 3.05) is 12.4 Å². The van der Waals surface area contributed by atoms with Crippen LogP contribution in [0.5, 0.6) is 0 Å². The topological polar surface area (TPSA) is 50.4 Å². The predicted octanol–water partition coefficient (Wildman–Crippen LogP) is 5.81. The van der Waals surface area contributed by atoms with E-state index in [1.54, 1.807) is 0 Å². The highest BCUT2D eigenvalue weighted by molar-refractivity contribution is 5.97. The Morgan fingerprint density at radius 3 is 2.30 bits per heavy atom. The third-order valence-corrected chi connectivity index (χ3v) is 5.91. The molecule has 1 fully saturated rings. The van der Waals surface area contributed by atoms with Gasteiger partial charge in [0.25, 0.3) is 0 Å². The molecule has 4 heteroatoms. The number of nitrogens with one attached hydrogen (secondary N) is 2. The molecule has 1 aliphatic carbocycles. The van der Waals surface area contributed by atoms with Crippen molar-refractivity contribution in [1.29, 1.82) is 0 Å². The minimum atomic E-state index is -0.504. The van der Waals surface area contributed by atoms with Gasteiger partial charge in [0, 0.05) is 19.6 Å². The Labute approximate surface area is 181 Å². The highest BCUT2D eigenvalue weighted by Crippen LogP contribution is 2.40. The maximum Gasteiger partial charge on any atom is 0.340 e. The first-order valence-corrected chi connectivity index (χ1v) is 11.1. The SMILES string of the molecule is CNc1c(C(=O)OC(C)(C)C)ccc(C)c1C1CCC(NCc2ccccc2)CC1. The summed E-state index contributed by atoms with van der Waals surface area (Å²) in [6.07, 6.45) is 4.55. The summed E-state index contributed by atoms with van der Waals surface area (Å²) in [4.78, 5) is 12.8. The van der Waals surface area contributed by atoms with Crippen molar-refractivity contribution < 1.29 is 9.53 Å². The Morgan fingerprint density at radius 2 is 1.70 bits per heavy atom. The molecule has 0 bridgehead atoms. The molecule has 162 valence electrons. The van der Waals surface area contributed by atoms with Crippen LogP contribution >= 0.6 is 0 Å². The Kier molecular flexibility index (Phi) is 7.19. The fourth-order valence-corrected chi connectivity index (χ4v) is 4.47. The Bertz CT molecular complexity index is 847. The van der Waals surface area contributed by atoms with Gasteiger partial charge in [0.2, 0.25) is 0 Å². The molecule has 2 N–H and O–H groups in total. The third-order valence-electron chi connectivity index (χ3n) is 5.91. The van der Waals surface area contributed by atoms with Crippen LogP contribution in [-0.2, 0) is 11.3 Å². The van der Waals surface area contributed by atoms with Crippen LogP contribution in [0.25, 0.3) is 0 Å². The number of carbonyl (C=O) groups excluding carboxylic acids is 1. The Hall–Kier alpha value is -2.33. The van der Waals surface area contributed by atoms with Gasteiger partial charge in [-0.1, -0.05) is 36.4 Å². The van der Waals surface area contributed by atoms with E-state index in [2.05, 4.69) is 54.0 Å². The van der Waals surface area contributed by atoms with E-state index in [0.717, 1.165) is 37.9 Å². The smallest absolute Gasteiger partial charge is 0.340 e. The van der Waals surface area contributed by atoms with Crippen LogP contribution in [0, 0.1) is 6.92 Å². The lowest BCUT2D eigenvalue weighted by Crippen LogP contribution is -2.32. The number of benzene rings is 2. The molecule has 0 aliphatic heterocycles. The first-order chi connectivity index (χ1) is 14.3. The summed E-state index contributed by atoms with van der Waals surface area (Å²) in [7, 11) is 1.90. The molecule has 0 saturated heterocycles. The average Bonchev–Trinajstić information content (AvgIpc) is 2.72. The second-order valence-electron chi connectivity index (χ2n) is 9.39. The molecule has 1 aliphatic rings. The molecule has 4 nitrogen and oxygen atoms in total. The summed E-state index contributed by atoms with van der Waals surface area (Å²) in [6, 6.07) is 15.1. The molecule has 0 spiro atoms. The van der Waals surface area contributed by atoms with Gasteiger partial charge in [-0.15, -0.1) is 0 Å². The molecule has 2 aromatic rings. The van der Waals surface area contributed by atoms with E-state index < -0.39 is 5.60 Å². The number of ether oxygens (including phenoxy) is 1. The van der Waals surface area contributed by atoms with E-state index in [4.69, 9.17) is 4.74 Å². The van der Waals surface area contributed by atoms with Crippen molar-refractivity contribution in [1.82, 2.24) is 5.32 Å². The minimum Gasteiger partial charge on any atom is -0.456 e. The second-order valence-corrected chi connectivity index (χ2v) is 9.39. The zero-order valence-corrected chi connectivity index (χ0v) is 19.0. The summed E-state index contributed by atoms with van der Waals surface area (Å²) < 4.78 is 5.65. The maximum atomic E-state index is 12.8. The van der Waals surface area contributed by atoms with Crippen LogP contribution in [0.1, 0.15) is 79.4 Å². The average molecular weight is 409 g/mol. The van der Waals surface area contributed by atoms with E-state index in [9.17, 15) is 4.79 Å². The number of esters is 1. The van der Waals surface area contributed by atoms with E-state index in [-0.39, 0.29) is 5.97 Å². The second kappa shape index (κ2) is 9.65. The van der Waals surface area contributed by atoms with Crippen molar-refractivity contribution in [3.63, 3.8) is 0 Å². The highest BCUT2D eigenvalue weighted by atomic mass is 16.6. The predicted molar refractivity (Wildman–Crippen MR) is 124 cm³/mol.